The van der Waals surface area contributed by atoms with Crippen molar-refractivity contribution in [3.63, 3.8) is 0 Å². The number of rotatable bonds is 7. The zero-order valence-electron chi connectivity index (χ0n) is 20.4. The molecule has 7 heteroatoms. The van der Waals surface area contributed by atoms with Crippen LogP contribution in [0.5, 0.6) is 0 Å². The quantitative estimate of drug-likeness (QED) is 0.659. The smallest absolute Gasteiger partial charge is 0.322 e. The number of aryl methyl sites for hydroxylation is 2. The first-order chi connectivity index (χ1) is 16.1. The number of hydrogen-bond donors (Lipinski definition) is 2. The number of aliphatic imine (C=N–C) groups is 2. The highest BCUT2D eigenvalue weighted by Gasteiger charge is 2.28. The minimum absolute atomic E-state index is 0.250. The van der Waals surface area contributed by atoms with Crippen LogP contribution in [0.3, 0.4) is 0 Å². The molecule has 7 nitrogen and oxygen atoms in total. The van der Waals surface area contributed by atoms with Gasteiger partial charge in [-0.15, -0.1) is 0 Å². The first-order valence-electron chi connectivity index (χ1n) is 11.8. The molecule has 1 aromatic carbocycles. The second kappa shape index (κ2) is 9.49. The van der Waals surface area contributed by atoms with E-state index >= 15 is 0 Å². The predicted octanol–water partition coefficient (Wildman–Crippen LogP) is 3.60. The van der Waals surface area contributed by atoms with E-state index in [1.54, 1.807) is 0 Å². The number of carbonyl (C=O) groups is 2. The van der Waals surface area contributed by atoms with Crippen LogP contribution in [0.1, 0.15) is 65.6 Å². The van der Waals surface area contributed by atoms with Crippen molar-refractivity contribution in [2.75, 3.05) is 13.1 Å². The SMILES string of the molecule is Cc1cc(C2=NCC(c3cncc4c3CCC(C)(C)C4)=N2)cc(C)c1CCC(=O)NCC(=O)O. The van der Waals surface area contributed by atoms with Crippen LogP contribution in [0.4, 0.5) is 0 Å². The standard InChI is InChI=1S/C27H32N4O3/c1-16-9-18(10-17(2)20(16)5-6-24(32)29-15-25(33)34)26-30-14-23(31-26)22-13-28-12-19-11-27(3,4)8-7-21(19)22/h9-10,12-13H,5-8,11,14-15H2,1-4H3,(H,29,32)(H,33,34). The van der Waals surface area contributed by atoms with Gasteiger partial charge in [-0.05, 0) is 84.9 Å². The summed E-state index contributed by atoms with van der Waals surface area (Å²) in [5.74, 6) is -0.568. The molecule has 0 unspecified atom stereocenters. The first-order valence-corrected chi connectivity index (χ1v) is 11.8. The maximum Gasteiger partial charge on any atom is 0.322 e. The van der Waals surface area contributed by atoms with Crippen molar-refractivity contribution < 1.29 is 14.7 Å². The van der Waals surface area contributed by atoms with Gasteiger partial charge in [0.2, 0.25) is 5.91 Å². The summed E-state index contributed by atoms with van der Waals surface area (Å²) in [5, 5.41) is 11.1. The number of nitrogens with one attached hydrogen (secondary N) is 1. The van der Waals surface area contributed by atoms with E-state index < -0.39 is 5.97 Å². The molecule has 0 radical (unpaired) electrons. The summed E-state index contributed by atoms with van der Waals surface area (Å²) in [4.78, 5) is 36.7. The molecule has 0 saturated heterocycles. The number of nitrogens with zero attached hydrogens (tertiary/aromatic N) is 3. The summed E-state index contributed by atoms with van der Waals surface area (Å²) < 4.78 is 0. The van der Waals surface area contributed by atoms with Gasteiger partial charge in [-0.2, -0.15) is 0 Å². The zero-order valence-corrected chi connectivity index (χ0v) is 20.4. The van der Waals surface area contributed by atoms with Gasteiger partial charge in [-0.25, -0.2) is 4.99 Å². The lowest BCUT2D eigenvalue weighted by Crippen LogP contribution is -2.29. The molecular weight excluding hydrogens is 428 g/mol. The van der Waals surface area contributed by atoms with Crippen LogP contribution in [0.15, 0.2) is 34.5 Å². The topological polar surface area (TPSA) is 104 Å². The number of benzene rings is 1. The largest absolute Gasteiger partial charge is 0.480 e. The second-order valence-electron chi connectivity index (χ2n) is 10.1. The Morgan fingerprint density at radius 1 is 1.15 bits per heavy atom. The summed E-state index contributed by atoms with van der Waals surface area (Å²) in [5.41, 5.74) is 9.34. The number of carboxylic acids is 1. The van der Waals surface area contributed by atoms with E-state index in [9.17, 15) is 9.59 Å². The van der Waals surface area contributed by atoms with E-state index in [1.165, 1.54) is 11.1 Å². The number of fused-ring (bicyclic) bond motifs is 1. The fourth-order valence-electron chi connectivity index (χ4n) is 4.96. The van der Waals surface area contributed by atoms with Crippen molar-refractivity contribution in [3.05, 3.63) is 63.5 Å². The van der Waals surface area contributed by atoms with E-state index in [-0.39, 0.29) is 18.9 Å². The molecule has 0 saturated carbocycles. The van der Waals surface area contributed by atoms with E-state index in [0.29, 0.717) is 18.4 Å². The van der Waals surface area contributed by atoms with Gasteiger partial charge in [0.1, 0.15) is 6.54 Å². The number of aromatic nitrogens is 1. The maximum atomic E-state index is 11.9. The third-order valence-electron chi connectivity index (χ3n) is 6.79. The summed E-state index contributed by atoms with van der Waals surface area (Å²) in [6, 6.07) is 4.15. The Morgan fingerprint density at radius 2 is 1.88 bits per heavy atom. The van der Waals surface area contributed by atoms with E-state index in [1.807, 2.05) is 26.2 Å². The third-order valence-corrected chi connectivity index (χ3v) is 6.79. The number of carboxylic acid groups (broad SMARTS) is 1. The number of carbonyl (C=O) groups excluding carboxylic acids is 1. The lowest BCUT2D eigenvalue weighted by molar-refractivity contribution is -0.137. The second-order valence-corrected chi connectivity index (χ2v) is 10.1. The van der Waals surface area contributed by atoms with Gasteiger partial charge >= 0.3 is 5.97 Å². The Kier molecular flexibility index (Phi) is 6.64. The first kappa shape index (κ1) is 23.8. The Morgan fingerprint density at radius 3 is 2.59 bits per heavy atom. The molecule has 2 aromatic rings. The minimum Gasteiger partial charge on any atom is -0.480 e. The number of amidine groups is 1. The summed E-state index contributed by atoms with van der Waals surface area (Å²) in [7, 11) is 0. The van der Waals surface area contributed by atoms with Crippen molar-refractivity contribution >= 4 is 23.4 Å². The van der Waals surface area contributed by atoms with Crippen molar-refractivity contribution in [1.82, 2.24) is 10.3 Å². The third kappa shape index (κ3) is 5.24. The minimum atomic E-state index is -1.04. The molecule has 0 atom stereocenters. The molecule has 2 aliphatic rings. The Balaban J connectivity index is 1.51. The molecule has 0 fully saturated rings. The number of aliphatic carboxylic acids is 1. The van der Waals surface area contributed by atoms with Gasteiger partial charge in [-0.1, -0.05) is 13.8 Å². The molecule has 1 aliphatic carbocycles. The van der Waals surface area contributed by atoms with Crippen molar-refractivity contribution in [3.8, 4) is 0 Å². The average Bonchev–Trinajstić information content (AvgIpc) is 3.26. The monoisotopic (exact) mass is 460 g/mol. The predicted molar refractivity (Wildman–Crippen MR) is 133 cm³/mol. The Labute approximate surface area is 200 Å². The highest BCUT2D eigenvalue weighted by molar-refractivity contribution is 6.17. The molecule has 178 valence electrons. The van der Waals surface area contributed by atoms with Gasteiger partial charge in [-0.3, -0.25) is 19.6 Å². The average molecular weight is 461 g/mol. The van der Waals surface area contributed by atoms with E-state index in [4.69, 9.17) is 15.1 Å². The molecule has 0 bridgehead atoms. The lowest BCUT2D eigenvalue weighted by Gasteiger charge is -2.32. The van der Waals surface area contributed by atoms with Crippen LogP contribution >= 0.6 is 0 Å². The molecule has 1 aliphatic heterocycles. The number of hydrogen-bond acceptors (Lipinski definition) is 5. The van der Waals surface area contributed by atoms with Crippen LogP contribution in [0.25, 0.3) is 0 Å². The van der Waals surface area contributed by atoms with Crippen molar-refractivity contribution in [2.24, 2.45) is 15.4 Å². The van der Waals surface area contributed by atoms with Gasteiger partial charge in [0.05, 0.1) is 12.3 Å². The molecule has 34 heavy (non-hydrogen) atoms. The van der Waals surface area contributed by atoms with Crippen molar-refractivity contribution in [2.45, 2.75) is 59.8 Å². The van der Waals surface area contributed by atoms with Crippen molar-refractivity contribution in [1.29, 1.82) is 0 Å². The van der Waals surface area contributed by atoms with Gasteiger partial charge < -0.3 is 10.4 Å². The van der Waals surface area contributed by atoms with Gasteiger partial charge in [0.15, 0.2) is 5.84 Å². The normalized spacial score (nSPS) is 16.5. The summed E-state index contributed by atoms with van der Waals surface area (Å²) in [6.07, 6.45) is 7.99. The summed E-state index contributed by atoms with van der Waals surface area (Å²) in [6.45, 7) is 8.89. The van der Waals surface area contributed by atoms with E-state index in [2.05, 4.69) is 36.3 Å². The van der Waals surface area contributed by atoms with Gasteiger partial charge in [0.25, 0.3) is 0 Å². The molecule has 1 amide bonds. The number of pyridine rings is 1. The zero-order chi connectivity index (χ0) is 24.5. The summed E-state index contributed by atoms with van der Waals surface area (Å²) >= 11 is 0. The van der Waals surface area contributed by atoms with Crippen LogP contribution in [0.2, 0.25) is 0 Å². The molecule has 4 rings (SSSR count). The lowest BCUT2D eigenvalue weighted by atomic mass is 9.74. The molecule has 2 N–H and O–H groups in total. The molecule has 1 aromatic heterocycles. The maximum absolute atomic E-state index is 11.9. The van der Waals surface area contributed by atoms with Gasteiger partial charge in [0, 0.05) is 29.9 Å². The fourth-order valence-corrected chi connectivity index (χ4v) is 4.96. The van der Waals surface area contributed by atoms with Crippen LogP contribution in [-0.4, -0.2) is 46.6 Å². The van der Waals surface area contributed by atoms with Crippen LogP contribution in [-0.2, 0) is 28.9 Å². The highest BCUT2D eigenvalue weighted by atomic mass is 16.4. The van der Waals surface area contributed by atoms with Crippen LogP contribution in [0, 0.1) is 19.3 Å². The fraction of sp³-hybridized carbons (Fsp3) is 0.444. The highest BCUT2D eigenvalue weighted by Crippen LogP contribution is 2.36. The Hall–Kier alpha value is -3.35. The Bertz CT molecular complexity index is 1190. The van der Waals surface area contributed by atoms with Crippen LogP contribution < -0.4 is 5.32 Å². The number of amides is 1. The molecule has 2 heterocycles. The van der Waals surface area contributed by atoms with E-state index in [0.717, 1.165) is 58.6 Å². The molecule has 0 spiro atoms. The molecular formula is C27H32N4O3.